The third-order valence-corrected chi connectivity index (χ3v) is 17.9. The van der Waals surface area contributed by atoms with E-state index < -0.39 is 0 Å². The second kappa shape index (κ2) is 13.7. The van der Waals surface area contributed by atoms with Gasteiger partial charge in [-0.1, -0.05) is 155 Å². The molecule has 0 fully saturated rings. The lowest BCUT2D eigenvalue weighted by atomic mass is 9.35. The van der Waals surface area contributed by atoms with E-state index in [0.717, 1.165) is 19.2 Å². The predicted molar refractivity (Wildman–Crippen MR) is 288 cm³/mol. The lowest BCUT2D eigenvalue weighted by molar-refractivity contribution is 0.332. The van der Waals surface area contributed by atoms with Gasteiger partial charge >= 0.3 is 0 Å². The van der Waals surface area contributed by atoms with E-state index in [-0.39, 0.29) is 50.0 Å². The first-order valence-electron chi connectivity index (χ1n) is 25.7. The van der Waals surface area contributed by atoms with Crippen LogP contribution < -0.4 is 20.7 Å². The van der Waals surface area contributed by atoms with Crippen molar-refractivity contribution >= 4 is 51.8 Å². The van der Waals surface area contributed by atoms with Crippen molar-refractivity contribution in [2.75, 3.05) is 9.80 Å². The van der Waals surface area contributed by atoms with Crippen LogP contribution in [0.1, 0.15) is 212 Å². The van der Waals surface area contributed by atoms with Gasteiger partial charge in [0.25, 0.3) is 0 Å². The van der Waals surface area contributed by atoms with Crippen LogP contribution in [0.3, 0.4) is 0 Å². The van der Waals surface area contributed by atoms with Crippen LogP contribution in [0.4, 0.5) is 34.1 Å². The average Bonchev–Trinajstić information content (AvgIpc) is 3.39. The van der Waals surface area contributed by atoms with Gasteiger partial charge < -0.3 is 9.80 Å². The van der Waals surface area contributed by atoms with Crippen LogP contribution in [0.5, 0.6) is 0 Å². The maximum Gasteiger partial charge on any atom is 0.222 e. The van der Waals surface area contributed by atoms with Gasteiger partial charge in [0.2, 0.25) is 6.71 Å². The molecule has 0 saturated heterocycles. The molecule has 0 saturated carbocycles. The first-order valence-corrected chi connectivity index (χ1v) is 25.7. The molecule has 0 atom stereocenters. The van der Waals surface area contributed by atoms with Crippen LogP contribution in [0.2, 0.25) is 0 Å². The molecule has 66 heavy (non-hydrogen) atoms. The molecule has 0 bridgehead atoms. The SMILES string of the molecule is Cc1cc2c(cc1N1c3ccc(C(C)(C)C)cc3CB3c4cc5c(cc4N(c4cc6c(cc4C)C(C)(C)CC6(C)C)c4cc(C(C)(C)C)cc1c43)C(C)(C)CCC5(C)C)C(C)(C)CC2(C)C. The van der Waals surface area contributed by atoms with E-state index in [4.69, 9.17) is 0 Å². The number of anilines is 6. The Hall–Kier alpha value is -4.24. The summed E-state index contributed by atoms with van der Waals surface area (Å²) in [7, 11) is 0. The molecule has 2 nitrogen and oxygen atoms in total. The molecule has 10 rings (SSSR count). The number of hydrogen-bond donors (Lipinski definition) is 0. The van der Waals surface area contributed by atoms with Gasteiger partial charge in [-0.2, -0.15) is 0 Å². The van der Waals surface area contributed by atoms with Crippen LogP contribution in [0, 0.1) is 13.8 Å². The van der Waals surface area contributed by atoms with E-state index in [9.17, 15) is 0 Å². The maximum absolute atomic E-state index is 2.78. The van der Waals surface area contributed by atoms with E-state index in [1.807, 2.05) is 0 Å². The number of rotatable bonds is 2. The van der Waals surface area contributed by atoms with Crippen molar-refractivity contribution in [2.45, 2.75) is 214 Å². The summed E-state index contributed by atoms with van der Waals surface area (Å²) in [5.41, 5.74) is 27.6. The summed E-state index contributed by atoms with van der Waals surface area (Å²) in [5, 5.41) is 0. The molecule has 5 aliphatic rings. The van der Waals surface area contributed by atoms with E-state index in [1.54, 1.807) is 5.56 Å². The molecule has 0 aromatic heterocycles. The fourth-order valence-corrected chi connectivity index (χ4v) is 14.4. The van der Waals surface area contributed by atoms with Gasteiger partial charge in [-0.25, -0.2) is 0 Å². The molecule has 3 heteroatoms. The van der Waals surface area contributed by atoms with Gasteiger partial charge in [0.1, 0.15) is 0 Å². The Morgan fingerprint density at radius 2 is 0.803 bits per heavy atom. The van der Waals surface area contributed by atoms with Crippen molar-refractivity contribution < 1.29 is 0 Å². The standard InChI is InChI=1S/C63H81BN2/c1-37-25-42-46(62(17,18)35-60(42,13)14)31-50(37)65-49-22-21-40(56(3,4)5)27-39(49)34-64-48-30-44-45(59(11,12)24-23-58(44,9)10)33-52(48)66(54-29-41(57(6,7)8)28-53(65)55(54)64)51-32-47-43(26-38(51)2)61(15,16)36-63(47,19)20/h21-22,25-33H,23-24,34-36H2,1-20H3. The van der Waals surface area contributed by atoms with Crippen LogP contribution in [-0.2, 0) is 49.6 Å². The summed E-state index contributed by atoms with van der Waals surface area (Å²) < 4.78 is 0. The molecule has 5 aromatic carbocycles. The van der Waals surface area contributed by atoms with Gasteiger partial charge in [0.05, 0.1) is 0 Å². The van der Waals surface area contributed by atoms with Gasteiger partial charge in [-0.15, -0.1) is 0 Å². The fourth-order valence-electron chi connectivity index (χ4n) is 14.4. The van der Waals surface area contributed by atoms with Gasteiger partial charge in [0.15, 0.2) is 0 Å². The van der Waals surface area contributed by atoms with Gasteiger partial charge in [0, 0.05) is 34.1 Å². The minimum Gasteiger partial charge on any atom is -0.311 e. The Morgan fingerprint density at radius 1 is 0.409 bits per heavy atom. The largest absolute Gasteiger partial charge is 0.311 e. The molecule has 3 aliphatic carbocycles. The van der Waals surface area contributed by atoms with Gasteiger partial charge in [-0.3, -0.25) is 0 Å². The zero-order valence-electron chi connectivity index (χ0n) is 44.9. The monoisotopic (exact) mass is 877 g/mol. The molecule has 0 unspecified atom stereocenters. The van der Waals surface area contributed by atoms with Crippen molar-refractivity contribution in [1.82, 2.24) is 0 Å². The summed E-state index contributed by atoms with van der Waals surface area (Å²) in [6.07, 6.45) is 5.64. The highest BCUT2D eigenvalue weighted by atomic mass is 15.2. The minimum atomic E-state index is -0.0935. The fraction of sp³-hybridized carbons (Fsp3) is 0.524. The molecule has 5 aromatic rings. The number of hydrogen-bond acceptors (Lipinski definition) is 2. The summed E-state index contributed by atoms with van der Waals surface area (Å²) in [6, 6.07) is 28.6. The third-order valence-electron chi connectivity index (χ3n) is 17.9. The molecule has 2 heterocycles. The van der Waals surface area contributed by atoms with Crippen LogP contribution in [0.15, 0.2) is 66.7 Å². The zero-order valence-corrected chi connectivity index (χ0v) is 44.9. The lowest BCUT2D eigenvalue weighted by Crippen LogP contribution is -2.53. The number of nitrogens with zero attached hydrogens (tertiary/aromatic N) is 2. The van der Waals surface area contributed by atoms with Crippen molar-refractivity contribution in [3.63, 3.8) is 0 Å². The summed E-state index contributed by atoms with van der Waals surface area (Å²) in [6.45, 7) is 49.1. The molecule has 346 valence electrons. The van der Waals surface area contributed by atoms with E-state index >= 15 is 0 Å². The highest BCUT2D eigenvalue weighted by Crippen LogP contribution is 2.57. The van der Waals surface area contributed by atoms with E-state index in [0.29, 0.717) is 0 Å². The topological polar surface area (TPSA) is 6.48 Å². The number of benzene rings is 5. The molecule has 0 spiro atoms. The Kier molecular flexibility index (Phi) is 9.47. The Morgan fingerprint density at radius 3 is 1.26 bits per heavy atom. The van der Waals surface area contributed by atoms with Crippen molar-refractivity contribution in [1.29, 1.82) is 0 Å². The van der Waals surface area contributed by atoms with Crippen molar-refractivity contribution in [3.05, 3.63) is 128 Å². The van der Waals surface area contributed by atoms with Crippen LogP contribution in [0.25, 0.3) is 0 Å². The summed E-state index contributed by atoms with van der Waals surface area (Å²) in [4.78, 5) is 5.54. The number of fused-ring (bicyclic) bond motifs is 6. The summed E-state index contributed by atoms with van der Waals surface area (Å²) in [5.74, 6) is 0. The normalized spacial score (nSPS) is 21.1. The quantitative estimate of drug-likeness (QED) is 0.163. The molecule has 0 radical (unpaired) electrons. The third kappa shape index (κ3) is 6.68. The molecular formula is C63H81BN2. The second-order valence-corrected chi connectivity index (χ2v) is 28.2. The number of aryl methyl sites for hydroxylation is 2. The second-order valence-electron chi connectivity index (χ2n) is 28.2. The zero-order chi connectivity index (χ0) is 48.0. The molecular weight excluding hydrogens is 796 g/mol. The first-order chi connectivity index (χ1) is 30.2. The highest BCUT2D eigenvalue weighted by Gasteiger charge is 2.48. The molecule has 0 amide bonds. The molecule has 0 N–H and O–H groups in total. The Balaban J connectivity index is 1.37. The minimum absolute atomic E-state index is 0.0199. The van der Waals surface area contributed by atoms with Crippen molar-refractivity contribution in [3.8, 4) is 0 Å². The first kappa shape index (κ1) is 45.5. The highest BCUT2D eigenvalue weighted by molar-refractivity contribution is 6.89. The van der Waals surface area contributed by atoms with Crippen molar-refractivity contribution in [2.24, 2.45) is 0 Å². The smallest absolute Gasteiger partial charge is 0.222 e. The maximum atomic E-state index is 2.78. The van der Waals surface area contributed by atoms with Crippen LogP contribution in [-0.4, -0.2) is 6.71 Å². The Labute approximate surface area is 401 Å². The average molecular weight is 877 g/mol. The lowest BCUT2D eigenvalue weighted by Gasteiger charge is -2.46. The van der Waals surface area contributed by atoms with E-state index in [2.05, 4.69) is 215 Å². The predicted octanol–water partition coefficient (Wildman–Crippen LogP) is 16.1. The molecule has 2 aliphatic heterocycles. The van der Waals surface area contributed by atoms with Crippen LogP contribution >= 0.6 is 0 Å². The summed E-state index contributed by atoms with van der Waals surface area (Å²) >= 11 is 0. The Bertz CT molecular complexity index is 2900. The van der Waals surface area contributed by atoms with Gasteiger partial charge in [-0.05, 0) is 198 Å². The van der Waals surface area contributed by atoms with E-state index in [1.165, 1.54) is 114 Å².